The number of hydrogen-bond acceptors (Lipinski definition) is 5. The summed E-state index contributed by atoms with van der Waals surface area (Å²) >= 11 is 0. The third-order valence-corrected chi connectivity index (χ3v) is 2.68. The van der Waals surface area contributed by atoms with E-state index in [0.717, 1.165) is 5.56 Å². The Balaban J connectivity index is 1.95. The molecule has 0 aliphatic carbocycles. The molecule has 1 N–H and O–H groups in total. The van der Waals surface area contributed by atoms with Crippen molar-refractivity contribution in [2.45, 2.75) is 6.92 Å². The van der Waals surface area contributed by atoms with Crippen LogP contribution in [0.15, 0.2) is 45.9 Å². The van der Waals surface area contributed by atoms with Crippen LogP contribution < -0.4 is 5.43 Å². The van der Waals surface area contributed by atoms with Crippen LogP contribution in [0.1, 0.15) is 32.2 Å². The summed E-state index contributed by atoms with van der Waals surface area (Å²) in [5, 5.41) is 3.82. The molecule has 6 nitrogen and oxygen atoms in total. The molecule has 21 heavy (non-hydrogen) atoms. The number of furan rings is 1. The van der Waals surface area contributed by atoms with Gasteiger partial charge in [0.15, 0.2) is 5.76 Å². The molecule has 6 heteroatoms. The predicted molar refractivity (Wildman–Crippen MR) is 76.3 cm³/mol. The molecule has 2 rings (SSSR count). The average molecular weight is 286 g/mol. The van der Waals surface area contributed by atoms with Gasteiger partial charge in [-0.05, 0) is 36.8 Å². The largest absolute Gasteiger partial charge is 0.465 e. The van der Waals surface area contributed by atoms with Gasteiger partial charge in [-0.2, -0.15) is 5.10 Å². The van der Waals surface area contributed by atoms with Crippen LogP contribution in [-0.2, 0) is 4.74 Å². The van der Waals surface area contributed by atoms with E-state index in [4.69, 9.17) is 4.42 Å². The highest BCUT2D eigenvalue weighted by Gasteiger charge is 2.08. The Morgan fingerprint density at radius 2 is 1.90 bits per heavy atom. The number of rotatable bonds is 4. The molecule has 1 amide bonds. The van der Waals surface area contributed by atoms with Crippen LogP contribution in [0.3, 0.4) is 0 Å². The topological polar surface area (TPSA) is 80.9 Å². The van der Waals surface area contributed by atoms with Gasteiger partial charge in [-0.15, -0.1) is 0 Å². The first-order valence-electron chi connectivity index (χ1n) is 6.18. The molecular weight excluding hydrogens is 272 g/mol. The second kappa shape index (κ2) is 6.51. The van der Waals surface area contributed by atoms with Crippen LogP contribution in [0, 0.1) is 6.92 Å². The second-order valence-corrected chi connectivity index (χ2v) is 4.22. The first kappa shape index (κ1) is 14.5. The quantitative estimate of drug-likeness (QED) is 0.530. The van der Waals surface area contributed by atoms with Gasteiger partial charge in [0.05, 0.1) is 18.9 Å². The lowest BCUT2D eigenvalue weighted by atomic mass is 10.1. The number of aryl methyl sites for hydroxylation is 1. The number of amides is 1. The van der Waals surface area contributed by atoms with E-state index in [2.05, 4.69) is 15.3 Å². The van der Waals surface area contributed by atoms with Crippen molar-refractivity contribution in [3.05, 3.63) is 59.0 Å². The molecule has 0 atom stereocenters. The summed E-state index contributed by atoms with van der Waals surface area (Å²) < 4.78 is 9.76. The smallest absolute Gasteiger partial charge is 0.337 e. The van der Waals surface area contributed by atoms with Crippen molar-refractivity contribution in [1.82, 2.24) is 5.43 Å². The fourth-order valence-corrected chi connectivity index (χ4v) is 1.60. The van der Waals surface area contributed by atoms with Crippen molar-refractivity contribution in [1.29, 1.82) is 0 Å². The molecule has 0 radical (unpaired) electrons. The number of methoxy groups -OCH3 is 1. The molecule has 1 aromatic carbocycles. The number of carbonyl (C=O) groups excluding carboxylic acids is 2. The number of benzene rings is 1. The van der Waals surface area contributed by atoms with E-state index in [1.54, 1.807) is 43.3 Å². The van der Waals surface area contributed by atoms with Crippen molar-refractivity contribution in [2.24, 2.45) is 5.10 Å². The average Bonchev–Trinajstić information content (AvgIpc) is 2.94. The summed E-state index contributed by atoms with van der Waals surface area (Å²) in [6.45, 7) is 1.75. The molecule has 0 spiro atoms. The van der Waals surface area contributed by atoms with Gasteiger partial charge in [0, 0.05) is 0 Å². The van der Waals surface area contributed by atoms with Crippen LogP contribution in [0.25, 0.3) is 0 Å². The summed E-state index contributed by atoms with van der Waals surface area (Å²) in [7, 11) is 1.32. The molecule has 0 unspecified atom stereocenters. The fraction of sp³-hybridized carbons (Fsp3) is 0.133. The van der Waals surface area contributed by atoms with Crippen LogP contribution in [0.5, 0.6) is 0 Å². The van der Waals surface area contributed by atoms with Crippen molar-refractivity contribution in [2.75, 3.05) is 7.11 Å². The highest BCUT2D eigenvalue weighted by atomic mass is 16.5. The third-order valence-electron chi connectivity index (χ3n) is 2.68. The monoisotopic (exact) mass is 286 g/mol. The van der Waals surface area contributed by atoms with Crippen LogP contribution in [0.2, 0.25) is 0 Å². The Morgan fingerprint density at radius 3 is 2.48 bits per heavy atom. The Morgan fingerprint density at radius 1 is 1.19 bits per heavy atom. The van der Waals surface area contributed by atoms with E-state index in [1.807, 2.05) is 0 Å². The summed E-state index contributed by atoms with van der Waals surface area (Å²) in [5.74, 6) is 0.0266. The maximum atomic E-state index is 11.7. The number of hydrazone groups is 1. The zero-order valence-corrected chi connectivity index (χ0v) is 11.6. The van der Waals surface area contributed by atoms with E-state index in [9.17, 15) is 9.59 Å². The SMILES string of the molecule is COC(=O)c1ccc(/C=N/NC(=O)c2ccc(C)o2)cc1. The Bertz CT molecular complexity index is 671. The fourth-order valence-electron chi connectivity index (χ4n) is 1.60. The van der Waals surface area contributed by atoms with E-state index in [-0.39, 0.29) is 5.76 Å². The van der Waals surface area contributed by atoms with Gasteiger partial charge >= 0.3 is 11.9 Å². The normalized spacial score (nSPS) is 10.6. The van der Waals surface area contributed by atoms with Crippen molar-refractivity contribution >= 4 is 18.1 Å². The molecule has 1 heterocycles. The lowest BCUT2D eigenvalue weighted by Crippen LogP contribution is -2.16. The summed E-state index contributed by atoms with van der Waals surface area (Å²) in [6.07, 6.45) is 1.47. The molecule has 1 aromatic heterocycles. The molecule has 0 saturated heterocycles. The Hall–Kier alpha value is -2.89. The summed E-state index contributed by atoms with van der Waals surface area (Å²) in [5.41, 5.74) is 3.54. The lowest BCUT2D eigenvalue weighted by Gasteiger charge is -1.99. The predicted octanol–water partition coefficient (Wildman–Crippen LogP) is 2.14. The Labute approximate surface area is 121 Å². The van der Waals surface area contributed by atoms with E-state index in [0.29, 0.717) is 11.3 Å². The van der Waals surface area contributed by atoms with Gasteiger partial charge in [0.1, 0.15) is 5.76 Å². The maximum absolute atomic E-state index is 11.7. The van der Waals surface area contributed by atoms with E-state index in [1.165, 1.54) is 13.3 Å². The summed E-state index contributed by atoms with van der Waals surface area (Å²) in [6, 6.07) is 9.89. The molecule has 0 aliphatic rings. The molecule has 0 saturated carbocycles. The van der Waals surface area contributed by atoms with Gasteiger partial charge < -0.3 is 9.15 Å². The number of hydrogen-bond donors (Lipinski definition) is 1. The zero-order valence-electron chi connectivity index (χ0n) is 11.6. The van der Waals surface area contributed by atoms with Gasteiger partial charge in [-0.1, -0.05) is 12.1 Å². The first-order valence-corrected chi connectivity index (χ1v) is 6.18. The Kier molecular flexibility index (Phi) is 4.50. The van der Waals surface area contributed by atoms with E-state index < -0.39 is 11.9 Å². The van der Waals surface area contributed by atoms with Gasteiger partial charge in [-0.3, -0.25) is 4.79 Å². The van der Waals surface area contributed by atoms with Crippen LogP contribution >= 0.6 is 0 Å². The minimum absolute atomic E-state index is 0.200. The van der Waals surface area contributed by atoms with E-state index >= 15 is 0 Å². The molecule has 0 aliphatic heterocycles. The number of carbonyl (C=O) groups is 2. The maximum Gasteiger partial charge on any atom is 0.337 e. The standard InChI is InChI=1S/C15H14N2O4/c1-10-3-8-13(21-10)14(18)17-16-9-11-4-6-12(7-5-11)15(19)20-2/h3-9H,1-2H3,(H,17,18)/b16-9+. The number of ether oxygens (including phenoxy) is 1. The van der Waals surface area contributed by atoms with Crippen LogP contribution in [0.4, 0.5) is 0 Å². The molecule has 0 bridgehead atoms. The zero-order chi connectivity index (χ0) is 15.2. The minimum Gasteiger partial charge on any atom is -0.465 e. The molecular formula is C15H14N2O4. The van der Waals surface area contributed by atoms with Crippen molar-refractivity contribution in [3.63, 3.8) is 0 Å². The van der Waals surface area contributed by atoms with Crippen molar-refractivity contribution < 1.29 is 18.7 Å². The first-order chi connectivity index (χ1) is 10.1. The van der Waals surface area contributed by atoms with Crippen molar-refractivity contribution in [3.8, 4) is 0 Å². The molecule has 108 valence electrons. The number of nitrogens with one attached hydrogen (secondary N) is 1. The van der Waals surface area contributed by atoms with Gasteiger partial charge in [-0.25, -0.2) is 10.2 Å². The third kappa shape index (κ3) is 3.79. The van der Waals surface area contributed by atoms with Crippen LogP contribution in [-0.4, -0.2) is 25.2 Å². The number of nitrogens with zero attached hydrogens (tertiary/aromatic N) is 1. The highest BCUT2D eigenvalue weighted by Crippen LogP contribution is 2.06. The summed E-state index contributed by atoms with van der Waals surface area (Å²) in [4.78, 5) is 22.9. The highest BCUT2D eigenvalue weighted by molar-refractivity contribution is 5.93. The molecule has 0 fully saturated rings. The number of esters is 1. The van der Waals surface area contributed by atoms with Gasteiger partial charge in [0.2, 0.25) is 0 Å². The second-order valence-electron chi connectivity index (χ2n) is 4.22. The van der Waals surface area contributed by atoms with Gasteiger partial charge in [0.25, 0.3) is 0 Å². The molecule has 2 aromatic rings. The lowest BCUT2D eigenvalue weighted by molar-refractivity contribution is 0.0600. The minimum atomic E-state index is -0.425.